The summed E-state index contributed by atoms with van der Waals surface area (Å²) in [6.07, 6.45) is 1.38. The van der Waals surface area contributed by atoms with E-state index in [9.17, 15) is 13.2 Å². The Morgan fingerprint density at radius 1 is 1.18 bits per heavy atom. The summed E-state index contributed by atoms with van der Waals surface area (Å²) < 4.78 is 26.0. The molecule has 3 aromatic rings. The number of nitrogens with one attached hydrogen (secondary N) is 2. The van der Waals surface area contributed by atoms with Crippen LogP contribution in [0.2, 0.25) is 0 Å². The Morgan fingerprint density at radius 2 is 1.94 bits per heavy atom. The highest BCUT2D eigenvalue weighted by Crippen LogP contribution is 2.36. The number of sulfonamides is 1. The zero-order valence-electron chi connectivity index (χ0n) is 19.1. The van der Waals surface area contributed by atoms with E-state index >= 15 is 0 Å². The highest BCUT2D eigenvalue weighted by atomic mass is 32.2. The summed E-state index contributed by atoms with van der Waals surface area (Å²) in [5.74, 6) is -0.288. The number of H-pyrrole nitrogens is 1. The van der Waals surface area contributed by atoms with Gasteiger partial charge in [-0.2, -0.15) is 5.10 Å². The molecule has 0 aliphatic carbocycles. The highest BCUT2D eigenvalue weighted by Gasteiger charge is 2.30. The maximum Gasteiger partial charge on any atom is 0.250 e. The molecule has 4 N–H and O–H groups in total. The number of nitrogens with two attached hydrogens (primary N) is 1. The van der Waals surface area contributed by atoms with Gasteiger partial charge >= 0.3 is 0 Å². The summed E-state index contributed by atoms with van der Waals surface area (Å²) in [7, 11) is -3.19. The zero-order valence-corrected chi connectivity index (χ0v) is 19.9. The lowest BCUT2D eigenvalue weighted by Crippen LogP contribution is -2.38. The summed E-state index contributed by atoms with van der Waals surface area (Å²) in [5.41, 5.74) is 10.7. The summed E-state index contributed by atoms with van der Waals surface area (Å²) >= 11 is 0. The Kier molecular flexibility index (Phi) is 6.83. The number of benzene rings is 2. The van der Waals surface area contributed by atoms with Gasteiger partial charge < -0.3 is 11.1 Å². The van der Waals surface area contributed by atoms with E-state index in [0.717, 1.165) is 40.9 Å². The lowest BCUT2D eigenvalue weighted by atomic mass is 9.90. The zero-order chi connectivity index (χ0) is 23.6. The van der Waals surface area contributed by atoms with Gasteiger partial charge in [0.1, 0.15) is 0 Å². The summed E-state index contributed by atoms with van der Waals surface area (Å²) in [4.78, 5) is 12.3. The minimum atomic E-state index is -3.19. The number of carbonyl (C=O) groups excluding carboxylic acids is 1. The number of amides is 1. The van der Waals surface area contributed by atoms with Crippen LogP contribution in [0, 0.1) is 0 Å². The van der Waals surface area contributed by atoms with E-state index in [-0.39, 0.29) is 11.7 Å². The fraction of sp³-hybridized carbons (Fsp3) is 0.417. The molecule has 1 aliphatic heterocycles. The van der Waals surface area contributed by atoms with Crippen LogP contribution in [-0.4, -0.2) is 54.2 Å². The highest BCUT2D eigenvalue weighted by molar-refractivity contribution is 7.89. The van der Waals surface area contributed by atoms with Crippen molar-refractivity contribution < 1.29 is 13.2 Å². The number of rotatable bonds is 8. The number of aromatic amines is 1. The van der Waals surface area contributed by atoms with Crippen LogP contribution in [0.4, 0.5) is 0 Å². The first-order valence-electron chi connectivity index (χ1n) is 11.4. The minimum Gasteiger partial charge on any atom is -0.366 e. The maximum atomic E-state index is 12.3. The number of nitrogens with zero attached hydrogens (tertiary/aromatic N) is 2. The molecule has 0 atom stereocenters. The van der Waals surface area contributed by atoms with Crippen LogP contribution in [0.25, 0.3) is 22.0 Å². The first kappa shape index (κ1) is 23.4. The van der Waals surface area contributed by atoms with E-state index in [4.69, 9.17) is 5.73 Å². The number of piperidine rings is 1. The topological polar surface area (TPSA) is 121 Å². The SMILES string of the molecule is CCNCc1cccc(-c2cc(C(N)=O)c3[nH]nc(C4CCN(S(=O)(=O)CC)CC4)c3c2)c1. The Morgan fingerprint density at radius 3 is 2.61 bits per heavy atom. The predicted molar refractivity (Wildman–Crippen MR) is 130 cm³/mol. The van der Waals surface area contributed by atoms with Crippen LogP contribution >= 0.6 is 0 Å². The van der Waals surface area contributed by atoms with E-state index in [1.165, 1.54) is 0 Å². The average molecular weight is 470 g/mol. The minimum absolute atomic E-state index is 0.109. The lowest BCUT2D eigenvalue weighted by Gasteiger charge is -2.30. The van der Waals surface area contributed by atoms with Crippen molar-refractivity contribution in [2.45, 2.75) is 39.2 Å². The third kappa shape index (κ3) is 4.80. The normalized spacial score (nSPS) is 15.8. The standard InChI is InChI=1S/C24H31N5O3S/c1-3-26-15-16-6-5-7-18(12-16)19-13-20-22(27-28-23(20)21(14-19)24(25)30)17-8-10-29(11-9-17)33(31,32)4-2/h5-7,12-14,17,26H,3-4,8-11,15H2,1-2H3,(H2,25,30)(H,27,28). The van der Waals surface area contributed by atoms with Gasteiger partial charge in [0.05, 0.1) is 22.5 Å². The third-order valence-corrected chi connectivity index (χ3v) is 8.29. The Hall–Kier alpha value is -2.75. The number of aromatic nitrogens is 2. The van der Waals surface area contributed by atoms with Crippen molar-refractivity contribution in [3.63, 3.8) is 0 Å². The summed E-state index contributed by atoms with van der Waals surface area (Å²) in [6, 6.07) is 12.1. The molecule has 0 radical (unpaired) electrons. The van der Waals surface area contributed by atoms with Crippen LogP contribution in [-0.2, 0) is 16.6 Å². The first-order valence-corrected chi connectivity index (χ1v) is 13.0. The molecule has 9 heteroatoms. The van der Waals surface area contributed by atoms with E-state index in [1.807, 2.05) is 18.2 Å². The van der Waals surface area contributed by atoms with Gasteiger partial charge in [-0.3, -0.25) is 9.89 Å². The first-order chi connectivity index (χ1) is 15.8. The number of hydrogen-bond donors (Lipinski definition) is 3. The van der Waals surface area contributed by atoms with Gasteiger partial charge in [-0.15, -0.1) is 0 Å². The smallest absolute Gasteiger partial charge is 0.250 e. The molecule has 1 amide bonds. The van der Waals surface area contributed by atoms with Gasteiger partial charge in [0.25, 0.3) is 5.91 Å². The monoisotopic (exact) mass is 469 g/mol. The van der Waals surface area contributed by atoms with Crippen molar-refractivity contribution in [1.82, 2.24) is 19.8 Å². The second-order valence-corrected chi connectivity index (χ2v) is 10.7. The largest absolute Gasteiger partial charge is 0.366 e. The van der Waals surface area contributed by atoms with Crippen LogP contribution in [0.1, 0.15) is 54.2 Å². The molecule has 0 saturated carbocycles. The van der Waals surface area contributed by atoms with Crippen molar-refractivity contribution in [3.05, 3.63) is 53.2 Å². The second-order valence-electron chi connectivity index (χ2n) is 8.47. The Balaban J connectivity index is 1.71. The van der Waals surface area contributed by atoms with Gasteiger partial charge in [-0.25, -0.2) is 12.7 Å². The molecule has 1 aliphatic rings. The van der Waals surface area contributed by atoms with Gasteiger partial charge in [-0.05, 0) is 61.2 Å². The quantitative estimate of drug-likeness (QED) is 0.468. The van der Waals surface area contributed by atoms with Crippen LogP contribution < -0.4 is 11.1 Å². The molecule has 8 nitrogen and oxygen atoms in total. The molecular weight excluding hydrogens is 438 g/mol. The molecule has 0 spiro atoms. The molecule has 33 heavy (non-hydrogen) atoms. The van der Waals surface area contributed by atoms with Crippen LogP contribution in [0.5, 0.6) is 0 Å². The fourth-order valence-corrected chi connectivity index (χ4v) is 5.67. The Bertz CT molecular complexity index is 1260. The van der Waals surface area contributed by atoms with Crippen molar-refractivity contribution >= 4 is 26.8 Å². The van der Waals surface area contributed by atoms with Gasteiger partial charge in [-0.1, -0.05) is 25.1 Å². The molecule has 1 saturated heterocycles. The lowest BCUT2D eigenvalue weighted by molar-refractivity contribution is 0.100. The number of hydrogen-bond acceptors (Lipinski definition) is 5. The van der Waals surface area contributed by atoms with E-state index in [2.05, 4.69) is 40.6 Å². The van der Waals surface area contributed by atoms with E-state index in [1.54, 1.807) is 11.2 Å². The summed E-state index contributed by atoms with van der Waals surface area (Å²) in [5, 5.41) is 11.8. The van der Waals surface area contributed by atoms with Crippen molar-refractivity contribution in [1.29, 1.82) is 0 Å². The van der Waals surface area contributed by atoms with Crippen molar-refractivity contribution in [2.75, 3.05) is 25.4 Å². The molecule has 4 rings (SSSR count). The molecule has 1 fully saturated rings. The molecule has 2 aromatic carbocycles. The van der Waals surface area contributed by atoms with Gasteiger partial charge in [0.15, 0.2) is 0 Å². The number of primary amides is 1. The maximum absolute atomic E-state index is 12.3. The third-order valence-electron chi connectivity index (χ3n) is 6.41. The summed E-state index contributed by atoms with van der Waals surface area (Å²) in [6.45, 7) is 6.35. The van der Waals surface area contributed by atoms with Crippen LogP contribution in [0.3, 0.4) is 0 Å². The van der Waals surface area contributed by atoms with Gasteiger partial charge in [0, 0.05) is 30.9 Å². The van der Waals surface area contributed by atoms with Crippen LogP contribution in [0.15, 0.2) is 36.4 Å². The molecule has 0 bridgehead atoms. The molecule has 176 valence electrons. The Labute approximate surface area is 194 Å². The molecule has 0 unspecified atom stereocenters. The number of fused-ring (bicyclic) bond motifs is 1. The molecule has 1 aromatic heterocycles. The predicted octanol–water partition coefficient (Wildman–Crippen LogP) is 2.97. The fourth-order valence-electron chi connectivity index (χ4n) is 4.53. The number of carbonyl (C=O) groups is 1. The van der Waals surface area contributed by atoms with Crippen molar-refractivity contribution in [3.8, 4) is 11.1 Å². The molecule has 2 heterocycles. The van der Waals surface area contributed by atoms with Crippen molar-refractivity contribution in [2.24, 2.45) is 5.73 Å². The van der Waals surface area contributed by atoms with Gasteiger partial charge in [0.2, 0.25) is 10.0 Å². The molecular formula is C24H31N5O3S. The average Bonchev–Trinajstić information content (AvgIpc) is 3.26. The van der Waals surface area contributed by atoms with E-state index < -0.39 is 15.9 Å². The second kappa shape index (κ2) is 9.62. The van der Waals surface area contributed by atoms with E-state index in [0.29, 0.717) is 37.0 Å².